The van der Waals surface area contributed by atoms with Crippen LogP contribution in [0.5, 0.6) is 0 Å². The maximum atomic E-state index is 5.90. The Bertz CT molecular complexity index is 541. The van der Waals surface area contributed by atoms with Crippen LogP contribution in [-0.4, -0.2) is 49.0 Å². The molecule has 0 spiro atoms. The fraction of sp³-hybridized carbons (Fsp3) is 0.500. The summed E-state index contributed by atoms with van der Waals surface area (Å²) in [5.74, 6) is 0.782. The number of ether oxygens (including phenoxy) is 1. The molecule has 1 saturated heterocycles. The van der Waals surface area contributed by atoms with Gasteiger partial charge in [-0.05, 0) is 24.4 Å². The quantitative estimate of drug-likeness (QED) is 0.885. The summed E-state index contributed by atoms with van der Waals surface area (Å²) < 4.78 is 6.74. The summed E-state index contributed by atoms with van der Waals surface area (Å²) in [6.07, 6.45) is 4.75. The van der Waals surface area contributed by atoms with Gasteiger partial charge in [-0.2, -0.15) is 24.7 Å². The Labute approximate surface area is 114 Å². The molecule has 0 aliphatic carbocycles. The summed E-state index contributed by atoms with van der Waals surface area (Å²) in [6.45, 7) is 1.48. The minimum absolute atomic E-state index is 0.120. The summed E-state index contributed by atoms with van der Waals surface area (Å²) in [5.41, 5.74) is 0. The van der Waals surface area contributed by atoms with E-state index in [-0.39, 0.29) is 11.3 Å². The van der Waals surface area contributed by atoms with Crippen molar-refractivity contribution in [3.05, 3.63) is 17.9 Å². The lowest BCUT2D eigenvalue weighted by Crippen LogP contribution is -2.29. The fourth-order valence-corrected chi connectivity index (χ4v) is 2.00. The molecule has 100 valence electrons. The molecule has 3 rings (SSSR count). The van der Waals surface area contributed by atoms with Crippen LogP contribution in [0.1, 0.15) is 12.8 Å². The van der Waals surface area contributed by atoms with Crippen molar-refractivity contribution in [2.45, 2.75) is 18.9 Å². The standard InChI is InChI=1S/C10H12ClN7O/c11-8-15-9(14-7-1-3-19-4-2-7)17-10(16-8)18-6-12-5-13-18/h5-7H,1-4H2,(H,14,15,16,17). The minimum Gasteiger partial charge on any atom is -0.381 e. The van der Waals surface area contributed by atoms with Crippen LogP contribution in [0, 0.1) is 0 Å². The van der Waals surface area contributed by atoms with E-state index in [1.54, 1.807) is 0 Å². The highest BCUT2D eigenvalue weighted by molar-refractivity contribution is 6.28. The molecule has 1 aliphatic heterocycles. The van der Waals surface area contributed by atoms with E-state index >= 15 is 0 Å². The van der Waals surface area contributed by atoms with Gasteiger partial charge in [0.1, 0.15) is 12.7 Å². The van der Waals surface area contributed by atoms with Crippen LogP contribution in [0.2, 0.25) is 5.28 Å². The highest BCUT2D eigenvalue weighted by Gasteiger charge is 2.16. The second kappa shape index (κ2) is 5.45. The molecule has 1 aliphatic rings. The first-order valence-corrected chi connectivity index (χ1v) is 6.30. The Morgan fingerprint density at radius 2 is 2.11 bits per heavy atom. The second-order valence-corrected chi connectivity index (χ2v) is 4.44. The summed E-state index contributed by atoms with van der Waals surface area (Å²) >= 11 is 5.90. The molecular weight excluding hydrogens is 270 g/mol. The zero-order valence-corrected chi connectivity index (χ0v) is 10.8. The maximum absolute atomic E-state index is 5.90. The highest BCUT2D eigenvalue weighted by atomic mass is 35.5. The van der Waals surface area contributed by atoms with Crippen molar-refractivity contribution < 1.29 is 4.74 Å². The summed E-state index contributed by atoms with van der Waals surface area (Å²) in [5, 5.41) is 7.32. The van der Waals surface area contributed by atoms with E-state index in [0.29, 0.717) is 11.9 Å². The lowest BCUT2D eigenvalue weighted by molar-refractivity contribution is 0.0903. The van der Waals surface area contributed by atoms with Crippen molar-refractivity contribution in [3.8, 4) is 5.95 Å². The number of hydrogen-bond acceptors (Lipinski definition) is 7. The third-order valence-corrected chi connectivity index (χ3v) is 2.94. The molecule has 1 N–H and O–H groups in total. The van der Waals surface area contributed by atoms with Crippen LogP contribution in [-0.2, 0) is 4.74 Å². The van der Waals surface area contributed by atoms with Crippen LogP contribution in [0.25, 0.3) is 5.95 Å². The van der Waals surface area contributed by atoms with Crippen LogP contribution >= 0.6 is 11.6 Å². The third-order valence-electron chi connectivity index (χ3n) is 2.77. The highest BCUT2D eigenvalue weighted by Crippen LogP contribution is 2.14. The molecule has 3 heterocycles. The molecular formula is C10H12ClN7O. The molecule has 2 aromatic rings. The Morgan fingerprint density at radius 1 is 1.26 bits per heavy atom. The summed E-state index contributed by atoms with van der Waals surface area (Å²) in [4.78, 5) is 16.2. The van der Waals surface area contributed by atoms with Gasteiger partial charge in [0.05, 0.1) is 0 Å². The number of halogens is 1. The van der Waals surface area contributed by atoms with Crippen molar-refractivity contribution >= 4 is 17.5 Å². The molecule has 2 aromatic heterocycles. The van der Waals surface area contributed by atoms with E-state index in [9.17, 15) is 0 Å². The predicted molar refractivity (Wildman–Crippen MR) is 67.2 cm³/mol. The van der Waals surface area contributed by atoms with Crippen molar-refractivity contribution in [2.24, 2.45) is 0 Å². The van der Waals surface area contributed by atoms with Gasteiger partial charge in [0.15, 0.2) is 0 Å². The monoisotopic (exact) mass is 281 g/mol. The first-order chi connectivity index (χ1) is 9.31. The van der Waals surface area contributed by atoms with E-state index in [1.165, 1.54) is 17.3 Å². The lowest BCUT2D eigenvalue weighted by Gasteiger charge is -2.23. The van der Waals surface area contributed by atoms with E-state index in [0.717, 1.165) is 26.1 Å². The van der Waals surface area contributed by atoms with Gasteiger partial charge in [-0.25, -0.2) is 4.98 Å². The van der Waals surface area contributed by atoms with Crippen molar-refractivity contribution in [1.29, 1.82) is 0 Å². The Kier molecular flexibility index (Phi) is 3.51. The first-order valence-electron chi connectivity index (χ1n) is 5.92. The SMILES string of the molecule is Clc1nc(NC2CCOCC2)nc(-n2cncn2)n1. The van der Waals surface area contributed by atoms with Gasteiger partial charge in [0.25, 0.3) is 5.95 Å². The average Bonchev–Trinajstić information content (AvgIpc) is 2.93. The lowest BCUT2D eigenvalue weighted by atomic mass is 10.1. The molecule has 0 radical (unpaired) electrons. The smallest absolute Gasteiger partial charge is 0.258 e. The number of aromatic nitrogens is 6. The maximum Gasteiger partial charge on any atom is 0.258 e. The molecule has 0 unspecified atom stereocenters. The van der Waals surface area contributed by atoms with Crippen LogP contribution < -0.4 is 5.32 Å². The van der Waals surface area contributed by atoms with Gasteiger partial charge in [0.2, 0.25) is 11.2 Å². The predicted octanol–water partition coefficient (Wildman–Crippen LogP) is 0.697. The third kappa shape index (κ3) is 2.96. The molecule has 0 bridgehead atoms. The molecule has 1 fully saturated rings. The second-order valence-electron chi connectivity index (χ2n) is 4.10. The summed E-state index contributed by atoms with van der Waals surface area (Å²) in [7, 11) is 0. The van der Waals surface area contributed by atoms with Gasteiger partial charge < -0.3 is 10.1 Å². The number of nitrogens with zero attached hydrogens (tertiary/aromatic N) is 6. The molecule has 0 amide bonds. The Morgan fingerprint density at radius 3 is 2.84 bits per heavy atom. The summed E-state index contributed by atoms with van der Waals surface area (Å²) in [6, 6.07) is 0.288. The van der Waals surface area contributed by atoms with Gasteiger partial charge in [-0.1, -0.05) is 0 Å². The van der Waals surface area contributed by atoms with E-state index < -0.39 is 0 Å². The number of anilines is 1. The minimum atomic E-state index is 0.120. The topological polar surface area (TPSA) is 90.6 Å². The normalized spacial score (nSPS) is 16.5. The van der Waals surface area contributed by atoms with Gasteiger partial charge in [0, 0.05) is 19.3 Å². The van der Waals surface area contributed by atoms with Crippen molar-refractivity contribution in [1.82, 2.24) is 29.7 Å². The number of hydrogen-bond donors (Lipinski definition) is 1. The zero-order valence-electron chi connectivity index (χ0n) is 10.0. The number of nitrogens with one attached hydrogen (secondary N) is 1. The van der Waals surface area contributed by atoms with Crippen LogP contribution in [0.3, 0.4) is 0 Å². The number of rotatable bonds is 3. The molecule has 0 atom stereocenters. The Balaban J connectivity index is 1.81. The van der Waals surface area contributed by atoms with Gasteiger partial charge in [-0.15, -0.1) is 0 Å². The van der Waals surface area contributed by atoms with Crippen LogP contribution in [0.15, 0.2) is 12.7 Å². The molecule has 19 heavy (non-hydrogen) atoms. The first kappa shape index (κ1) is 12.2. The zero-order chi connectivity index (χ0) is 13.1. The van der Waals surface area contributed by atoms with Crippen molar-refractivity contribution in [2.75, 3.05) is 18.5 Å². The van der Waals surface area contributed by atoms with Gasteiger partial charge >= 0.3 is 0 Å². The molecule has 9 heteroatoms. The van der Waals surface area contributed by atoms with Crippen molar-refractivity contribution in [3.63, 3.8) is 0 Å². The van der Waals surface area contributed by atoms with E-state index in [4.69, 9.17) is 16.3 Å². The fourth-order valence-electron chi connectivity index (χ4n) is 1.84. The van der Waals surface area contributed by atoms with Crippen LogP contribution in [0.4, 0.5) is 5.95 Å². The van der Waals surface area contributed by atoms with Gasteiger partial charge in [-0.3, -0.25) is 0 Å². The largest absolute Gasteiger partial charge is 0.381 e. The molecule has 8 nitrogen and oxygen atoms in total. The van der Waals surface area contributed by atoms with E-state index in [1.807, 2.05) is 0 Å². The Hall–Kier alpha value is -1.80. The van der Waals surface area contributed by atoms with E-state index in [2.05, 4.69) is 30.4 Å². The average molecular weight is 282 g/mol. The molecule has 0 saturated carbocycles. The molecule has 0 aromatic carbocycles.